The first-order valence-electron chi connectivity index (χ1n) is 5.35. The van der Waals surface area contributed by atoms with E-state index in [1.807, 2.05) is 7.05 Å². The number of carbonyl (C=O) groups excluding carboxylic acids is 1. The molecule has 0 aromatic heterocycles. The van der Waals surface area contributed by atoms with Crippen molar-refractivity contribution in [2.45, 2.75) is 31.4 Å². The highest BCUT2D eigenvalue weighted by molar-refractivity contribution is 5.83. The maximum atomic E-state index is 11.7. The molecule has 0 saturated carbocycles. The summed E-state index contributed by atoms with van der Waals surface area (Å²) in [5.41, 5.74) is 0. The molecule has 2 heterocycles. The van der Waals surface area contributed by atoms with Crippen molar-refractivity contribution >= 4 is 5.91 Å². The first-order valence-corrected chi connectivity index (χ1v) is 5.35. The fourth-order valence-electron chi connectivity index (χ4n) is 2.41. The van der Waals surface area contributed by atoms with Gasteiger partial charge in [-0.25, -0.2) is 0 Å². The van der Waals surface area contributed by atoms with E-state index in [4.69, 9.17) is 0 Å². The fraction of sp³-hybridized carbons (Fsp3) is 0.900. The maximum Gasteiger partial charge on any atom is 0.239 e. The molecule has 80 valence electrons. The van der Waals surface area contributed by atoms with Crippen molar-refractivity contribution in [3.63, 3.8) is 0 Å². The Bertz CT molecular complexity index is 232. The summed E-state index contributed by atoms with van der Waals surface area (Å²) < 4.78 is 0. The van der Waals surface area contributed by atoms with Crippen LogP contribution in [0.2, 0.25) is 0 Å². The van der Waals surface area contributed by atoms with Crippen LogP contribution in [-0.4, -0.2) is 59.6 Å². The van der Waals surface area contributed by atoms with Crippen LogP contribution in [0.4, 0.5) is 0 Å². The summed E-state index contributed by atoms with van der Waals surface area (Å²) in [5.74, 6) is 0.221. The van der Waals surface area contributed by atoms with Crippen LogP contribution in [0.5, 0.6) is 0 Å². The average Bonchev–Trinajstić information content (AvgIpc) is 2.48. The molecule has 0 aliphatic carbocycles. The Balaban J connectivity index is 1.97. The lowest BCUT2D eigenvalue weighted by Gasteiger charge is -2.33. The van der Waals surface area contributed by atoms with Crippen molar-refractivity contribution in [1.82, 2.24) is 9.80 Å². The van der Waals surface area contributed by atoms with E-state index in [0.29, 0.717) is 6.54 Å². The van der Waals surface area contributed by atoms with Crippen molar-refractivity contribution in [3.05, 3.63) is 0 Å². The van der Waals surface area contributed by atoms with Crippen LogP contribution in [-0.2, 0) is 4.79 Å². The zero-order chi connectivity index (χ0) is 10.1. The molecule has 0 aromatic carbocycles. The van der Waals surface area contributed by atoms with Gasteiger partial charge in [-0.3, -0.25) is 9.69 Å². The Hall–Kier alpha value is -0.610. The molecule has 0 aromatic rings. The highest BCUT2D eigenvalue weighted by Crippen LogP contribution is 2.20. The largest absolute Gasteiger partial charge is 0.392 e. The van der Waals surface area contributed by atoms with Gasteiger partial charge < -0.3 is 10.0 Å². The molecular formula is C10H18N2O2. The minimum absolute atomic E-state index is 0.0370. The molecule has 1 amide bonds. The number of β-amino-alcohol motifs (C(OH)–C–C–N with tert-alkyl or cyclic N) is 1. The van der Waals surface area contributed by atoms with Crippen molar-refractivity contribution in [1.29, 1.82) is 0 Å². The molecule has 2 rings (SSSR count). The number of nitrogens with zero attached hydrogens (tertiary/aromatic N) is 2. The number of likely N-dealkylation sites (tertiary alicyclic amines) is 2. The molecule has 0 spiro atoms. The number of rotatable bonds is 1. The molecule has 2 aliphatic rings. The number of carbonyl (C=O) groups is 1. The normalized spacial score (nSPS) is 35.3. The number of likely N-dealkylation sites (N-methyl/N-ethyl adjacent to an activating group) is 1. The van der Waals surface area contributed by atoms with Crippen LogP contribution in [0.15, 0.2) is 0 Å². The smallest absolute Gasteiger partial charge is 0.239 e. The van der Waals surface area contributed by atoms with Crippen molar-refractivity contribution in [2.75, 3.05) is 26.7 Å². The Labute approximate surface area is 84.5 Å². The van der Waals surface area contributed by atoms with Crippen LogP contribution in [0.3, 0.4) is 0 Å². The highest BCUT2D eigenvalue weighted by atomic mass is 16.3. The molecule has 0 radical (unpaired) electrons. The summed E-state index contributed by atoms with van der Waals surface area (Å²) in [7, 11) is 1.85. The minimum atomic E-state index is -0.234. The summed E-state index contributed by atoms with van der Waals surface area (Å²) in [5, 5.41) is 9.53. The monoisotopic (exact) mass is 198 g/mol. The predicted molar refractivity (Wildman–Crippen MR) is 52.9 cm³/mol. The molecular weight excluding hydrogens is 180 g/mol. The Morgan fingerprint density at radius 2 is 2.14 bits per heavy atom. The zero-order valence-electron chi connectivity index (χ0n) is 8.65. The second kappa shape index (κ2) is 3.87. The lowest BCUT2D eigenvalue weighted by molar-refractivity contribution is -0.132. The third-order valence-electron chi connectivity index (χ3n) is 3.27. The molecule has 0 bridgehead atoms. The SMILES string of the molecule is CN1CC[C@H](N2CCC[C@H](O)C2)C1=O. The number of hydrogen-bond donors (Lipinski definition) is 1. The fourth-order valence-corrected chi connectivity index (χ4v) is 2.41. The molecule has 0 unspecified atom stereocenters. The third-order valence-corrected chi connectivity index (χ3v) is 3.27. The molecule has 4 heteroatoms. The average molecular weight is 198 g/mol. The van der Waals surface area contributed by atoms with E-state index in [-0.39, 0.29) is 18.1 Å². The summed E-state index contributed by atoms with van der Waals surface area (Å²) >= 11 is 0. The second-order valence-electron chi connectivity index (χ2n) is 4.36. The van der Waals surface area contributed by atoms with Crippen molar-refractivity contribution in [2.24, 2.45) is 0 Å². The second-order valence-corrected chi connectivity index (χ2v) is 4.36. The van der Waals surface area contributed by atoms with Crippen LogP contribution < -0.4 is 0 Å². The number of hydrogen-bond acceptors (Lipinski definition) is 3. The number of aliphatic hydroxyl groups excluding tert-OH is 1. The van der Waals surface area contributed by atoms with Gasteiger partial charge in [0, 0.05) is 20.1 Å². The van der Waals surface area contributed by atoms with E-state index in [1.54, 1.807) is 4.90 Å². The van der Waals surface area contributed by atoms with Gasteiger partial charge in [-0.1, -0.05) is 0 Å². The van der Waals surface area contributed by atoms with E-state index < -0.39 is 0 Å². The van der Waals surface area contributed by atoms with Gasteiger partial charge in [0.2, 0.25) is 5.91 Å². The summed E-state index contributed by atoms with van der Waals surface area (Å²) in [6.07, 6.45) is 2.58. The number of aliphatic hydroxyl groups is 1. The molecule has 2 saturated heterocycles. The van der Waals surface area contributed by atoms with Gasteiger partial charge in [0.25, 0.3) is 0 Å². The van der Waals surface area contributed by atoms with Crippen molar-refractivity contribution in [3.8, 4) is 0 Å². The van der Waals surface area contributed by atoms with Gasteiger partial charge in [-0.05, 0) is 25.8 Å². The van der Waals surface area contributed by atoms with Gasteiger partial charge in [-0.15, -0.1) is 0 Å². The minimum Gasteiger partial charge on any atom is -0.392 e. The third kappa shape index (κ3) is 1.77. The number of piperidine rings is 1. The van der Waals surface area contributed by atoms with Crippen LogP contribution in [0.1, 0.15) is 19.3 Å². The molecule has 2 fully saturated rings. The van der Waals surface area contributed by atoms with Crippen LogP contribution in [0.25, 0.3) is 0 Å². The summed E-state index contributed by atoms with van der Waals surface area (Å²) in [6, 6.07) is 0.0370. The molecule has 14 heavy (non-hydrogen) atoms. The Morgan fingerprint density at radius 3 is 2.71 bits per heavy atom. The first-order chi connectivity index (χ1) is 6.68. The molecule has 2 atom stereocenters. The molecule has 4 nitrogen and oxygen atoms in total. The predicted octanol–water partition coefficient (Wildman–Crippen LogP) is -0.326. The van der Waals surface area contributed by atoms with Crippen molar-refractivity contribution < 1.29 is 9.90 Å². The lowest BCUT2D eigenvalue weighted by atomic mass is 10.1. The Morgan fingerprint density at radius 1 is 1.36 bits per heavy atom. The Kier molecular flexibility index (Phi) is 2.74. The molecule has 1 N–H and O–H groups in total. The topological polar surface area (TPSA) is 43.8 Å². The van der Waals surface area contributed by atoms with E-state index >= 15 is 0 Å². The van der Waals surface area contributed by atoms with Gasteiger partial charge in [0.15, 0.2) is 0 Å². The quantitative estimate of drug-likeness (QED) is 0.627. The van der Waals surface area contributed by atoms with E-state index in [9.17, 15) is 9.90 Å². The zero-order valence-corrected chi connectivity index (χ0v) is 8.65. The lowest BCUT2D eigenvalue weighted by Crippen LogP contribution is -2.47. The van der Waals surface area contributed by atoms with Gasteiger partial charge in [0.1, 0.15) is 0 Å². The molecule has 2 aliphatic heterocycles. The van der Waals surface area contributed by atoms with E-state index in [0.717, 1.165) is 32.4 Å². The van der Waals surface area contributed by atoms with Crippen LogP contribution in [0, 0.1) is 0 Å². The van der Waals surface area contributed by atoms with Crippen LogP contribution >= 0.6 is 0 Å². The van der Waals surface area contributed by atoms with Gasteiger partial charge in [0.05, 0.1) is 12.1 Å². The van der Waals surface area contributed by atoms with E-state index in [2.05, 4.69) is 4.90 Å². The standard InChI is InChI=1S/C10H18N2O2/c1-11-6-4-9(10(11)14)12-5-2-3-8(13)7-12/h8-9,13H,2-7H2,1H3/t8-,9-/m0/s1. The first kappa shape index (κ1) is 9.93. The highest BCUT2D eigenvalue weighted by Gasteiger charge is 2.35. The van der Waals surface area contributed by atoms with E-state index in [1.165, 1.54) is 0 Å². The summed E-state index contributed by atoms with van der Waals surface area (Å²) in [6.45, 7) is 2.49. The number of amides is 1. The van der Waals surface area contributed by atoms with Gasteiger partial charge >= 0.3 is 0 Å². The van der Waals surface area contributed by atoms with Gasteiger partial charge in [-0.2, -0.15) is 0 Å². The summed E-state index contributed by atoms with van der Waals surface area (Å²) in [4.78, 5) is 15.6. The maximum absolute atomic E-state index is 11.7.